The fraction of sp³-hybridized carbons (Fsp3) is 0.636. The summed E-state index contributed by atoms with van der Waals surface area (Å²) in [6.45, 7) is 5.78. The molecule has 4 nitrogen and oxygen atoms in total. The zero-order valence-electron chi connectivity index (χ0n) is 10.8. The number of nitrogens with zero attached hydrogens (tertiary/aromatic N) is 3. The van der Waals surface area contributed by atoms with Gasteiger partial charge in [-0.25, -0.2) is 4.98 Å². The van der Waals surface area contributed by atoms with E-state index in [1.807, 2.05) is 20.8 Å². The first-order valence-electron chi connectivity index (χ1n) is 5.53. The second-order valence-electron chi connectivity index (χ2n) is 4.69. The predicted octanol–water partition coefficient (Wildman–Crippen LogP) is 2.70. The van der Waals surface area contributed by atoms with Crippen LogP contribution in [0.15, 0.2) is 6.07 Å². The van der Waals surface area contributed by atoms with E-state index in [0.29, 0.717) is 0 Å². The third-order valence-corrected chi connectivity index (χ3v) is 3.14. The summed E-state index contributed by atoms with van der Waals surface area (Å²) in [5.74, 6) is -0.208. The maximum atomic E-state index is 12.6. The fourth-order valence-electron chi connectivity index (χ4n) is 1.32. The van der Waals surface area contributed by atoms with Gasteiger partial charge in [0.1, 0.15) is 5.82 Å². The molecule has 1 heterocycles. The number of hydrogen-bond acceptors (Lipinski definition) is 4. The molecular weight excluding hydrogens is 245 g/mol. The second kappa shape index (κ2) is 4.62. The minimum Gasteiger partial charge on any atom is -0.368 e. The minimum atomic E-state index is -4.52. The molecule has 0 unspecified atom stereocenters. The predicted molar refractivity (Wildman–Crippen MR) is 64.2 cm³/mol. The Bertz CT molecular complexity index is 429. The highest BCUT2D eigenvalue weighted by Gasteiger charge is 2.34. The van der Waals surface area contributed by atoms with Crippen molar-refractivity contribution in [1.29, 1.82) is 0 Å². The fourth-order valence-corrected chi connectivity index (χ4v) is 1.32. The van der Waals surface area contributed by atoms with Crippen LogP contribution < -0.4 is 10.6 Å². The molecule has 0 aliphatic heterocycles. The topological polar surface area (TPSA) is 55.0 Å². The molecule has 0 aliphatic carbocycles. The summed E-state index contributed by atoms with van der Waals surface area (Å²) >= 11 is 0. The summed E-state index contributed by atoms with van der Waals surface area (Å²) in [7, 11) is 1.69. The van der Waals surface area contributed by atoms with E-state index >= 15 is 0 Å². The van der Waals surface area contributed by atoms with Crippen LogP contribution in [0, 0.1) is 0 Å². The van der Waals surface area contributed by atoms with Gasteiger partial charge in [-0.1, -0.05) is 6.92 Å². The Morgan fingerprint density at radius 2 is 1.83 bits per heavy atom. The summed E-state index contributed by atoms with van der Waals surface area (Å²) < 4.78 is 37.9. The monoisotopic (exact) mass is 262 g/mol. The SMILES string of the molecule is CCC(C)(C)N(C)c1cc(C(F)(F)F)nc(N)n1. The molecular formula is C11H17F3N4. The lowest BCUT2D eigenvalue weighted by atomic mass is 10.00. The molecule has 0 fully saturated rings. The van der Waals surface area contributed by atoms with Gasteiger partial charge in [-0.2, -0.15) is 18.2 Å². The molecule has 0 saturated heterocycles. The third-order valence-electron chi connectivity index (χ3n) is 3.14. The number of halogens is 3. The van der Waals surface area contributed by atoms with Crippen LogP contribution in [-0.4, -0.2) is 22.6 Å². The highest BCUT2D eigenvalue weighted by molar-refractivity contribution is 5.45. The van der Waals surface area contributed by atoms with Crippen LogP contribution >= 0.6 is 0 Å². The summed E-state index contributed by atoms with van der Waals surface area (Å²) in [6, 6.07) is 0.910. The van der Waals surface area contributed by atoms with Gasteiger partial charge >= 0.3 is 6.18 Å². The van der Waals surface area contributed by atoms with Crippen molar-refractivity contribution in [2.24, 2.45) is 0 Å². The Hall–Kier alpha value is -1.53. The quantitative estimate of drug-likeness (QED) is 0.910. The molecule has 0 spiro atoms. The smallest absolute Gasteiger partial charge is 0.368 e. The molecule has 0 saturated carbocycles. The molecule has 7 heteroatoms. The average Bonchev–Trinajstić information content (AvgIpc) is 2.26. The third kappa shape index (κ3) is 3.02. The number of anilines is 2. The lowest BCUT2D eigenvalue weighted by Gasteiger charge is -2.36. The van der Waals surface area contributed by atoms with Crippen molar-refractivity contribution in [2.45, 2.75) is 38.9 Å². The lowest BCUT2D eigenvalue weighted by Crippen LogP contribution is -2.41. The van der Waals surface area contributed by atoms with E-state index in [-0.39, 0.29) is 17.3 Å². The molecule has 0 aliphatic rings. The standard InChI is InChI=1S/C11H17F3N4/c1-5-10(2,3)18(4)8-6-7(11(12,13)14)16-9(15)17-8/h6H,5H2,1-4H3,(H2,15,16,17). The van der Waals surface area contributed by atoms with E-state index in [1.54, 1.807) is 11.9 Å². The van der Waals surface area contributed by atoms with Gasteiger partial charge in [0.15, 0.2) is 5.69 Å². The number of alkyl halides is 3. The number of nitrogen functional groups attached to an aromatic ring is 1. The molecule has 0 radical (unpaired) electrons. The molecule has 18 heavy (non-hydrogen) atoms. The van der Waals surface area contributed by atoms with Crippen LogP contribution in [0.1, 0.15) is 32.9 Å². The minimum absolute atomic E-state index is 0.168. The van der Waals surface area contributed by atoms with Gasteiger partial charge in [0, 0.05) is 18.7 Å². The molecule has 0 bridgehead atoms. The van der Waals surface area contributed by atoms with Crippen molar-refractivity contribution >= 4 is 11.8 Å². The summed E-state index contributed by atoms with van der Waals surface area (Å²) in [5, 5.41) is 0. The van der Waals surface area contributed by atoms with Crippen LogP contribution in [0.4, 0.5) is 24.9 Å². The maximum absolute atomic E-state index is 12.6. The number of hydrogen-bond donors (Lipinski definition) is 1. The van der Waals surface area contributed by atoms with Gasteiger partial charge in [-0.15, -0.1) is 0 Å². The first-order valence-corrected chi connectivity index (χ1v) is 5.53. The Morgan fingerprint density at radius 1 is 1.28 bits per heavy atom. The Labute approximate surface area is 104 Å². The Morgan fingerprint density at radius 3 is 2.28 bits per heavy atom. The second-order valence-corrected chi connectivity index (χ2v) is 4.69. The van der Waals surface area contributed by atoms with Crippen molar-refractivity contribution in [3.05, 3.63) is 11.8 Å². The number of nitrogens with two attached hydrogens (primary N) is 1. The van der Waals surface area contributed by atoms with E-state index < -0.39 is 11.9 Å². The average molecular weight is 262 g/mol. The van der Waals surface area contributed by atoms with Gasteiger partial charge in [0.25, 0.3) is 0 Å². The first kappa shape index (κ1) is 14.5. The molecule has 0 amide bonds. The van der Waals surface area contributed by atoms with Crippen LogP contribution in [0.25, 0.3) is 0 Å². The van der Waals surface area contributed by atoms with E-state index in [0.717, 1.165) is 12.5 Å². The molecule has 0 aromatic carbocycles. The van der Waals surface area contributed by atoms with Gasteiger partial charge in [0.05, 0.1) is 0 Å². The highest BCUT2D eigenvalue weighted by atomic mass is 19.4. The van der Waals surface area contributed by atoms with Gasteiger partial charge in [-0.3, -0.25) is 0 Å². The van der Waals surface area contributed by atoms with Crippen LogP contribution in [0.3, 0.4) is 0 Å². The summed E-state index contributed by atoms with van der Waals surface area (Å²) in [4.78, 5) is 8.73. The van der Waals surface area contributed by atoms with Gasteiger partial charge in [-0.05, 0) is 20.3 Å². The molecule has 0 atom stereocenters. The maximum Gasteiger partial charge on any atom is 0.433 e. The lowest BCUT2D eigenvalue weighted by molar-refractivity contribution is -0.141. The van der Waals surface area contributed by atoms with Gasteiger partial charge < -0.3 is 10.6 Å². The van der Waals surface area contributed by atoms with Crippen molar-refractivity contribution in [2.75, 3.05) is 17.7 Å². The van der Waals surface area contributed by atoms with Crippen molar-refractivity contribution in [1.82, 2.24) is 9.97 Å². The van der Waals surface area contributed by atoms with Gasteiger partial charge in [0.2, 0.25) is 5.95 Å². The Balaban J connectivity index is 3.23. The molecule has 1 aromatic heterocycles. The van der Waals surface area contributed by atoms with Crippen molar-refractivity contribution in [3.63, 3.8) is 0 Å². The van der Waals surface area contributed by atoms with Crippen LogP contribution in [-0.2, 0) is 6.18 Å². The molecule has 102 valence electrons. The zero-order valence-corrected chi connectivity index (χ0v) is 10.8. The van der Waals surface area contributed by atoms with E-state index in [4.69, 9.17) is 5.73 Å². The van der Waals surface area contributed by atoms with E-state index in [2.05, 4.69) is 9.97 Å². The zero-order chi connectivity index (χ0) is 14.1. The van der Waals surface area contributed by atoms with Crippen molar-refractivity contribution in [3.8, 4) is 0 Å². The van der Waals surface area contributed by atoms with Crippen molar-refractivity contribution < 1.29 is 13.2 Å². The number of aromatic nitrogens is 2. The summed E-state index contributed by atoms with van der Waals surface area (Å²) in [6.07, 6.45) is -3.77. The molecule has 1 aromatic rings. The van der Waals surface area contributed by atoms with E-state index in [9.17, 15) is 13.2 Å². The summed E-state index contributed by atoms with van der Waals surface area (Å²) in [5.41, 5.74) is 3.99. The molecule has 1 rings (SSSR count). The number of rotatable bonds is 3. The van der Waals surface area contributed by atoms with E-state index in [1.165, 1.54) is 0 Å². The Kier molecular flexibility index (Phi) is 3.73. The largest absolute Gasteiger partial charge is 0.433 e. The molecule has 2 N–H and O–H groups in total. The van der Waals surface area contributed by atoms with Crippen LogP contribution in [0.2, 0.25) is 0 Å². The highest BCUT2D eigenvalue weighted by Crippen LogP contribution is 2.31. The van der Waals surface area contributed by atoms with Crippen LogP contribution in [0.5, 0.6) is 0 Å². The first-order chi connectivity index (χ1) is 8.08. The normalized spacial score (nSPS) is 12.6.